The predicted octanol–water partition coefficient (Wildman–Crippen LogP) is 2.07. The fraction of sp³-hybridized carbons (Fsp3) is 0.875. The molecular weight excluding hydrogens is 284 g/mol. The minimum atomic E-state index is -0.991. The molecule has 2 fully saturated rings. The van der Waals surface area contributed by atoms with Gasteiger partial charge in [0, 0.05) is 6.42 Å². The molecule has 2 saturated heterocycles. The van der Waals surface area contributed by atoms with E-state index in [0.717, 1.165) is 0 Å². The van der Waals surface area contributed by atoms with Crippen LogP contribution in [-0.4, -0.2) is 52.3 Å². The molecule has 0 bridgehead atoms. The fourth-order valence-corrected chi connectivity index (χ4v) is 3.47. The van der Waals surface area contributed by atoms with Gasteiger partial charge >= 0.3 is 6.03 Å². The van der Waals surface area contributed by atoms with Crippen molar-refractivity contribution in [3.8, 4) is 0 Å². The van der Waals surface area contributed by atoms with Crippen LogP contribution in [-0.2, 0) is 14.3 Å². The molecular formula is C16H28N2O4. The predicted molar refractivity (Wildman–Crippen MR) is 82.5 cm³/mol. The molecule has 1 atom stereocenters. The van der Waals surface area contributed by atoms with E-state index in [4.69, 9.17) is 9.47 Å². The van der Waals surface area contributed by atoms with Crippen molar-refractivity contribution >= 4 is 11.9 Å². The molecule has 22 heavy (non-hydrogen) atoms. The minimum absolute atomic E-state index is 0.217. The Bertz CT molecular complexity index is 493. The molecule has 1 unspecified atom stereocenters. The number of urea groups is 1. The summed E-state index contributed by atoms with van der Waals surface area (Å²) in [5.74, 6) is -0.217. The third-order valence-corrected chi connectivity index (χ3v) is 4.28. The van der Waals surface area contributed by atoms with Crippen molar-refractivity contribution in [3.63, 3.8) is 0 Å². The first kappa shape index (κ1) is 17.2. The Morgan fingerprint density at radius 1 is 1.23 bits per heavy atom. The van der Waals surface area contributed by atoms with Crippen LogP contribution in [0.1, 0.15) is 54.9 Å². The zero-order valence-corrected chi connectivity index (χ0v) is 14.7. The van der Waals surface area contributed by atoms with E-state index >= 15 is 0 Å². The first-order valence-electron chi connectivity index (χ1n) is 7.78. The summed E-state index contributed by atoms with van der Waals surface area (Å²) in [7, 11) is 0. The summed E-state index contributed by atoms with van der Waals surface area (Å²) in [6.45, 7) is 14.0. The summed E-state index contributed by atoms with van der Waals surface area (Å²) in [6, 6.07) is -0.364. The van der Waals surface area contributed by atoms with Crippen molar-refractivity contribution in [1.82, 2.24) is 10.2 Å². The third-order valence-electron chi connectivity index (χ3n) is 4.28. The summed E-state index contributed by atoms with van der Waals surface area (Å²) in [5.41, 5.74) is -2.49. The number of hydrogen-bond acceptors (Lipinski definition) is 4. The molecule has 2 rings (SSSR count). The first-order chi connectivity index (χ1) is 9.80. The molecule has 1 spiro atoms. The Morgan fingerprint density at radius 3 is 2.27 bits per heavy atom. The fourth-order valence-electron chi connectivity index (χ4n) is 3.47. The third kappa shape index (κ3) is 2.86. The highest BCUT2D eigenvalue weighted by Gasteiger charge is 2.67. The Kier molecular flexibility index (Phi) is 3.86. The smallest absolute Gasteiger partial charge is 0.325 e. The van der Waals surface area contributed by atoms with Gasteiger partial charge in [-0.3, -0.25) is 9.69 Å². The summed E-state index contributed by atoms with van der Waals surface area (Å²) < 4.78 is 11.6. The Balaban J connectivity index is 2.15. The number of carbonyl (C=O) groups excluding carboxylic acids is 2. The molecule has 0 radical (unpaired) electrons. The molecule has 6 nitrogen and oxygen atoms in total. The van der Waals surface area contributed by atoms with Crippen LogP contribution in [0.4, 0.5) is 4.79 Å². The van der Waals surface area contributed by atoms with Crippen LogP contribution in [0.25, 0.3) is 0 Å². The second kappa shape index (κ2) is 4.93. The van der Waals surface area contributed by atoms with Gasteiger partial charge in [-0.1, -0.05) is 0 Å². The van der Waals surface area contributed by atoms with Gasteiger partial charge in [0.2, 0.25) is 0 Å². The molecule has 1 N–H and O–H groups in total. The van der Waals surface area contributed by atoms with Gasteiger partial charge in [0.1, 0.15) is 0 Å². The summed E-state index contributed by atoms with van der Waals surface area (Å²) in [6.07, 6.45) is 0.466. The highest BCUT2D eigenvalue weighted by Crippen LogP contribution is 2.47. The number of ether oxygens (including phenoxy) is 2. The van der Waals surface area contributed by atoms with Crippen LogP contribution < -0.4 is 5.32 Å². The van der Waals surface area contributed by atoms with Crippen LogP contribution in [0.3, 0.4) is 0 Å². The average molecular weight is 312 g/mol. The van der Waals surface area contributed by atoms with E-state index in [9.17, 15) is 9.59 Å². The molecule has 0 aromatic carbocycles. The molecule has 3 amide bonds. The van der Waals surface area contributed by atoms with E-state index in [-0.39, 0.29) is 24.1 Å². The van der Waals surface area contributed by atoms with Crippen molar-refractivity contribution in [3.05, 3.63) is 0 Å². The van der Waals surface area contributed by atoms with Gasteiger partial charge in [0.25, 0.3) is 5.91 Å². The molecule has 2 aliphatic rings. The van der Waals surface area contributed by atoms with E-state index in [0.29, 0.717) is 13.0 Å². The van der Waals surface area contributed by atoms with Gasteiger partial charge in [0.15, 0.2) is 5.54 Å². The Labute approximate surface area is 132 Å². The maximum atomic E-state index is 12.9. The molecule has 0 aromatic rings. The minimum Gasteiger partial charge on any atom is -0.374 e. The lowest BCUT2D eigenvalue weighted by Crippen LogP contribution is -2.59. The van der Waals surface area contributed by atoms with Crippen molar-refractivity contribution in [2.24, 2.45) is 0 Å². The maximum Gasteiger partial charge on any atom is 0.325 e. The normalized spacial score (nSPS) is 30.2. The van der Waals surface area contributed by atoms with Crippen molar-refractivity contribution in [1.29, 1.82) is 0 Å². The zero-order chi connectivity index (χ0) is 17.0. The summed E-state index contributed by atoms with van der Waals surface area (Å²) in [4.78, 5) is 26.4. The maximum absolute atomic E-state index is 12.9. The number of carbonyl (C=O) groups is 2. The number of imide groups is 1. The molecule has 6 heteroatoms. The topological polar surface area (TPSA) is 67.9 Å². The van der Waals surface area contributed by atoms with E-state index in [1.165, 1.54) is 4.90 Å². The average Bonchev–Trinajstić information content (AvgIpc) is 2.61. The van der Waals surface area contributed by atoms with Gasteiger partial charge in [-0.05, 0) is 48.5 Å². The number of nitrogens with one attached hydrogen (secondary N) is 1. The van der Waals surface area contributed by atoms with Crippen LogP contribution in [0, 0.1) is 0 Å². The number of amides is 3. The molecule has 126 valence electrons. The van der Waals surface area contributed by atoms with E-state index in [2.05, 4.69) is 5.32 Å². The molecule has 2 aliphatic heterocycles. The van der Waals surface area contributed by atoms with E-state index < -0.39 is 16.7 Å². The lowest BCUT2D eigenvalue weighted by Gasteiger charge is -2.33. The Morgan fingerprint density at radius 2 is 1.82 bits per heavy atom. The van der Waals surface area contributed by atoms with Crippen LogP contribution >= 0.6 is 0 Å². The van der Waals surface area contributed by atoms with Gasteiger partial charge in [-0.15, -0.1) is 0 Å². The zero-order valence-electron chi connectivity index (χ0n) is 14.7. The highest BCUT2D eigenvalue weighted by atomic mass is 16.5. The second-order valence-electron chi connectivity index (χ2n) is 8.30. The molecule has 0 saturated carbocycles. The second-order valence-corrected chi connectivity index (χ2v) is 8.30. The van der Waals surface area contributed by atoms with Gasteiger partial charge in [-0.2, -0.15) is 0 Å². The lowest BCUT2D eigenvalue weighted by atomic mass is 9.79. The van der Waals surface area contributed by atoms with Crippen molar-refractivity contribution in [2.75, 3.05) is 13.2 Å². The van der Waals surface area contributed by atoms with Crippen LogP contribution in [0.15, 0.2) is 0 Å². The monoisotopic (exact) mass is 312 g/mol. The van der Waals surface area contributed by atoms with E-state index in [1.54, 1.807) is 0 Å². The van der Waals surface area contributed by atoms with Crippen molar-refractivity contribution in [2.45, 2.75) is 77.2 Å². The summed E-state index contributed by atoms with van der Waals surface area (Å²) >= 11 is 0. The highest BCUT2D eigenvalue weighted by molar-refractivity contribution is 6.08. The van der Waals surface area contributed by atoms with E-state index in [1.807, 2.05) is 48.5 Å². The first-order valence-corrected chi connectivity index (χ1v) is 7.78. The summed E-state index contributed by atoms with van der Waals surface area (Å²) in [5, 5.41) is 2.88. The van der Waals surface area contributed by atoms with Crippen LogP contribution in [0.2, 0.25) is 0 Å². The van der Waals surface area contributed by atoms with Gasteiger partial charge < -0.3 is 14.8 Å². The van der Waals surface area contributed by atoms with Crippen molar-refractivity contribution < 1.29 is 19.1 Å². The van der Waals surface area contributed by atoms with Gasteiger partial charge in [-0.25, -0.2) is 4.79 Å². The molecule has 0 aromatic heterocycles. The number of hydrogen-bond donors (Lipinski definition) is 1. The number of nitrogens with zero attached hydrogens (tertiary/aromatic N) is 1. The SMILES string of the molecule is CC(C)(C)OCCN1C(=O)NC2(CC(C)(C)OC2(C)C)C1=O. The van der Waals surface area contributed by atoms with Crippen LogP contribution in [0.5, 0.6) is 0 Å². The standard InChI is InChI=1S/C16H28N2O4/c1-13(2,3)21-9-8-18-11(19)16(17-12(18)20)10-14(4,5)22-15(16,6)7/h8-10H2,1-7H3,(H,17,20). The largest absolute Gasteiger partial charge is 0.374 e. The van der Waals surface area contributed by atoms with Gasteiger partial charge in [0.05, 0.1) is 30.0 Å². The lowest BCUT2D eigenvalue weighted by molar-refractivity contribution is -0.139. The quantitative estimate of drug-likeness (QED) is 0.810. The number of rotatable bonds is 3. The Hall–Kier alpha value is -1.14. The molecule has 0 aliphatic carbocycles. The molecule has 2 heterocycles.